The Bertz CT molecular complexity index is 2570. The smallest absolute Gasteiger partial charge is 0.124 e. The van der Waals surface area contributed by atoms with Gasteiger partial charge in [-0.25, -0.2) is 9.97 Å². The molecule has 6 aromatic carbocycles. The second kappa shape index (κ2) is 10.9. The second-order valence-electron chi connectivity index (χ2n) is 11.8. The fourth-order valence-electron chi connectivity index (χ4n) is 6.80. The summed E-state index contributed by atoms with van der Waals surface area (Å²) in [6.07, 6.45) is 1.97. The van der Waals surface area contributed by atoms with Gasteiger partial charge >= 0.3 is 0 Å². The van der Waals surface area contributed by atoms with E-state index in [2.05, 4.69) is 109 Å². The molecule has 0 fully saturated rings. The monoisotopic (exact) mass is 601 g/mol. The molecule has 47 heavy (non-hydrogen) atoms. The first-order valence-corrected chi connectivity index (χ1v) is 15.7. The first-order chi connectivity index (χ1) is 23.2. The van der Waals surface area contributed by atoms with Crippen molar-refractivity contribution in [3.05, 3.63) is 158 Å². The van der Waals surface area contributed by atoms with E-state index in [4.69, 9.17) is 15.0 Å². The molecule has 0 saturated heterocycles. The SMILES string of the molecule is Oc1ccccc1-c1ccc2ccc3ccc(-c4ccc(-c5c6ccccc6c(-c6ccccc6)c6ccccc56)cn4)nc3c2n1. The molecule has 0 unspecified atom stereocenters. The van der Waals surface area contributed by atoms with Crippen molar-refractivity contribution in [2.45, 2.75) is 0 Å². The van der Waals surface area contributed by atoms with Gasteiger partial charge in [-0.2, -0.15) is 0 Å². The molecule has 0 amide bonds. The van der Waals surface area contributed by atoms with Gasteiger partial charge < -0.3 is 5.11 Å². The van der Waals surface area contributed by atoms with Crippen molar-refractivity contribution in [3.63, 3.8) is 0 Å². The molecule has 4 heteroatoms. The summed E-state index contributed by atoms with van der Waals surface area (Å²) < 4.78 is 0. The fourth-order valence-corrected chi connectivity index (χ4v) is 6.80. The molecule has 9 rings (SSSR count). The van der Waals surface area contributed by atoms with Crippen molar-refractivity contribution in [2.75, 3.05) is 0 Å². The van der Waals surface area contributed by atoms with Crippen molar-refractivity contribution in [3.8, 4) is 50.6 Å². The number of aromatic nitrogens is 3. The van der Waals surface area contributed by atoms with Crippen LogP contribution in [0, 0.1) is 0 Å². The highest BCUT2D eigenvalue weighted by atomic mass is 16.3. The number of hydrogen-bond acceptors (Lipinski definition) is 4. The van der Waals surface area contributed by atoms with Gasteiger partial charge in [0.1, 0.15) is 5.75 Å². The average Bonchev–Trinajstić information content (AvgIpc) is 3.14. The van der Waals surface area contributed by atoms with Gasteiger partial charge in [0.15, 0.2) is 0 Å². The quantitative estimate of drug-likeness (QED) is 0.161. The van der Waals surface area contributed by atoms with Gasteiger partial charge in [-0.3, -0.25) is 4.98 Å². The van der Waals surface area contributed by atoms with E-state index >= 15 is 0 Å². The largest absolute Gasteiger partial charge is 0.507 e. The number of hydrogen-bond donors (Lipinski definition) is 1. The van der Waals surface area contributed by atoms with Crippen molar-refractivity contribution >= 4 is 43.4 Å². The van der Waals surface area contributed by atoms with Crippen LogP contribution in [-0.2, 0) is 0 Å². The van der Waals surface area contributed by atoms with E-state index in [1.807, 2.05) is 42.6 Å². The second-order valence-corrected chi connectivity index (χ2v) is 11.8. The zero-order valence-electron chi connectivity index (χ0n) is 25.3. The summed E-state index contributed by atoms with van der Waals surface area (Å²) in [5.41, 5.74) is 9.24. The number of rotatable bonds is 4. The van der Waals surface area contributed by atoms with Crippen LogP contribution in [0.4, 0.5) is 0 Å². The molecule has 0 aliphatic carbocycles. The Hall–Kier alpha value is -6.39. The molecule has 3 heterocycles. The van der Waals surface area contributed by atoms with Gasteiger partial charge in [0.05, 0.1) is 28.1 Å². The van der Waals surface area contributed by atoms with E-state index in [0.717, 1.165) is 38.8 Å². The maximum atomic E-state index is 10.5. The van der Waals surface area contributed by atoms with Crippen molar-refractivity contribution in [1.29, 1.82) is 0 Å². The van der Waals surface area contributed by atoms with E-state index in [0.29, 0.717) is 11.3 Å². The summed E-state index contributed by atoms with van der Waals surface area (Å²) in [5.74, 6) is 0.202. The third kappa shape index (κ3) is 4.50. The maximum absolute atomic E-state index is 10.5. The molecule has 9 aromatic rings. The molecule has 4 nitrogen and oxygen atoms in total. The lowest BCUT2D eigenvalue weighted by Crippen LogP contribution is -1.93. The summed E-state index contributed by atoms with van der Waals surface area (Å²) in [7, 11) is 0. The number of aromatic hydroxyl groups is 1. The Morgan fingerprint density at radius 2 is 0.872 bits per heavy atom. The number of benzene rings is 6. The van der Waals surface area contributed by atoms with Crippen LogP contribution in [0.1, 0.15) is 0 Å². The van der Waals surface area contributed by atoms with Crippen molar-refractivity contribution in [2.24, 2.45) is 0 Å². The lowest BCUT2D eigenvalue weighted by Gasteiger charge is -2.17. The van der Waals surface area contributed by atoms with Crippen LogP contribution < -0.4 is 0 Å². The number of fused-ring (bicyclic) bond motifs is 5. The Morgan fingerprint density at radius 3 is 1.47 bits per heavy atom. The van der Waals surface area contributed by atoms with Crippen LogP contribution in [-0.4, -0.2) is 20.1 Å². The minimum atomic E-state index is 0.202. The molecule has 0 spiro atoms. The zero-order valence-corrected chi connectivity index (χ0v) is 25.3. The topological polar surface area (TPSA) is 58.9 Å². The van der Waals surface area contributed by atoms with E-state index in [1.54, 1.807) is 6.07 Å². The van der Waals surface area contributed by atoms with Gasteiger partial charge in [0.25, 0.3) is 0 Å². The van der Waals surface area contributed by atoms with Crippen LogP contribution in [0.3, 0.4) is 0 Å². The highest BCUT2D eigenvalue weighted by molar-refractivity contribution is 6.21. The predicted octanol–water partition coefficient (Wildman–Crippen LogP) is 10.9. The molecule has 0 atom stereocenters. The number of phenols is 1. The number of phenolic OH excluding ortho intramolecular Hbond substituents is 1. The molecule has 0 radical (unpaired) electrons. The molecule has 220 valence electrons. The third-order valence-corrected chi connectivity index (χ3v) is 9.01. The first kappa shape index (κ1) is 27.0. The normalized spacial score (nSPS) is 11.5. The van der Waals surface area contributed by atoms with Crippen molar-refractivity contribution in [1.82, 2.24) is 15.0 Å². The standard InChI is InChI=1S/C43H27N3O/c47-39-17-9-8-16-35(39)36-23-20-28-18-19-29-21-25-38(46-43(29)42(28)45-36)37-24-22-30(26-44-37)41-33-14-6-4-12-31(33)40(27-10-2-1-3-11-27)32-13-5-7-15-34(32)41/h1-26,47H. The van der Waals surface area contributed by atoms with Crippen LogP contribution in [0.2, 0.25) is 0 Å². The Labute approximate surface area is 271 Å². The Kier molecular flexibility index (Phi) is 6.25. The molecule has 0 aliphatic rings. The molecular weight excluding hydrogens is 574 g/mol. The highest BCUT2D eigenvalue weighted by Crippen LogP contribution is 2.43. The Morgan fingerprint density at radius 1 is 0.383 bits per heavy atom. The van der Waals surface area contributed by atoms with Crippen LogP contribution in [0.25, 0.3) is 88.2 Å². The van der Waals surface area contributed by atoms with Crippen LogP contribution in [0.15, 0.2) is 158 Å². The van der Waals surface area contributed by atoms with Gasteiger partial charge in [-0.15, -0.1) is 0 Å². The maximum Gasteiger partial charge on any atom is 0.124 e. The van der Waals surface area contributed by atoms with E-state index in [9.17, 15) is 5.11 Å². The number of nitrogens with zero attached hydrogens (tertiary/aromatic N) is 3. The molecular formula is C43H27N3O. The number of para-hydroxylation sites is 1. The molecule has 0 saturated carbocycles. The summed E-state index contributed by atoms with van der Waals surface area (Å²) in [6.45, 7) is 0. The van der Waals surface area contributed by atoms with Crippen LogP contribution >= 0.6 is 0 Å². The van der Waals surface area contributed by atoms with Gasteiger partial charge in [0, 0.05) is 28.1 Å². The van der Waals surface area contributed by atoms with E-state index in [1.165, 1.54) is 38.2 Å². The minimum absolute atomic E-state index is 0.202. The highest BCUT2D eigenvalue weighted by Gasteiger charge is 2.17. The zero-order chi connectivity index (χ0) is 31.3. The average molecular weight is 602 g/mol. The lowest BCUT2D eigenvalue weighted by molar-refractivity contribution is 0.477. The first-order valence-electron chi connectivity index (χ1n) is 15.7. The molecule has 0 bridgehead atoms. The molecule has 3 aromatic heterocycles. The summed E-state index contributed by atoms with van der Waals surface area (Å²) in [5, 5.41) is 17.3. The summed E-state index contributed by atoms with van der Waals surface area (Å²) in [6, 6.07) is 51.6. The van der Waals surface area contributed by atoms with E-state index in [-0.39, 0.29) is 5.75 Å². The van der Waals surface area contributed by atoms with Crippen LogP contribution in [0.5, 0.6) is 5.75 Å². The van der Waals surface area contributed by atoms with E-state index < -0.39 is 0 Å². The van der Waals surface area contributed by atoms with Gasteiger partial charge in [-0.1, -0.05) is 121 Å². The lowest BCUT2D eigenvalue weighted by atomic mass is 9.86. The third-order valence-electron chi connectivity index (χ3n) is 9.01. The molecule has 1 N–H and O–H groups in total. The fraction of sp³-hybridized carbons (Fsp3) is 0. The summed E-state index contributed by atoms with van der Waals surface area (Å²) in [4.78, 5) is 15.0. The van der Waals surface area contributed by atoms with Crippen molar-refractivity contribution < 1.29 is 5.11 Å². The predicted molar refractivity (Wildman–Crippen MR) is 193 cm³/mol. The minimum Gasteiger partial charge on any atom is -0.507 e. The molecule has 0 aliphatic heterocycles. The van der Waals surface area contributed by atoms with Gasteiger partial charge in [-0.05, 0) is 68.6 Å². The van der Waals surface area contributed by atoms with Gasteiger partial charge in [0.2, 0.25) is 0 Å². The number of pyridine rings is 3. The Balaban J connectivity index is 1.18. The summed E-state index contributed by atoms with van der Waals surface area (Å²) >= 11 is 0.